The molecule has 0 aliphatic carbocycles. The predicted octanol–water partition coefficient (Wildman–Crippen LogP) is 4.46. The molecule has 0 saturated carbocycles. The molecule has 0 bridgehead atoms. The molecule has 0 N–H and O–H groups in total. The predicted molar refractivity (Wildman–Crippen MR) is 67.8 cm³/mol. The van der Waals surface area contributed by atoms with Crippen LogP contribution < -0.4 is 0 Å². The molecule has 0 aliphatic rings. The van der Waals surface area contributed by atoms with Crippen molar-refractivity contribution in [2.45, 2.75) is 33.0 Å². The molecule has 2 aromatic rings. The SMILES string of the molecule is Cc1ccc(-c2ccnn2C(C)C)c(C(F)(F)F)c1. The van der Waals surface area contributed by atoms with Gasteiger partial charge in [0.05, 0.1) is 11.3 Å². The molecule has 1 heterocycles. The fourth-order valence-corrected chi connectivity index (χ4v) is 2.06. The van der Waals surface area contributed by atoms with Crippen LogP contribution in [0.15, 0.2) is 30.5 Å². The van der Waals surface area contributed by atoms with E-state index in [-0.39, 0.29) is 11.6 Å². The number of aromatic nitrogens is 2. The van der Waals surface area contributed by atoms with Gasteiger partial charge in [0.25, 0.3) is 0 Å². The van der Waals surface area contributed by atoms with Gasteiger partial charge < -0.3 is 0 Å². The summed E-state index contributed by atoms with van der Waals surface area (Å²) in [6.45, 7) is 5.43. The first-order chi connectivity index (χ1) is 8.80. The van der Waals surface area contributed by atoms with Crippen LogP contribution in [0.4, 0.5) is 13.2 Å². The zero-order valence-electron chi connectivity index (χ0n) is 11.0. The summed E-state index contributed by atoms with van der Waals surface area (Å²) in [5, 5.41) is 4.09. The molecular formula is C14H15F3N2. The Labute approximate surface area is 109 Å². The van der Waals surface area contributed by atoms with Gasteiger partial charge in [0.2, 0.25) is 0 Å². The van der Waals surface area contributed by atoms with Crippen molar-refractivity contribution in [1.82, 2.24) is 9.78 Å². The van der Waals surface area contributed by atoms with E-state index < -0.39 is 11.7 Å². The van der Waals surface area contributed by atoms with Gasteiger partial charge in [-0.1, -0.05) is 17.7 Å². The maximum atomic E-state index is 13.1. The van der Waals surface area contributed by atoms with Gasteiger partial charge in [-0.05, 0) is 32.9 Å². The number of aryl methyl sites for hydroxylation is 1. The zero-order valence-corrected chi connectivity index (χ0v) is 11.0. The van der Waals surface area contributed by atoms with Crippen molar-refractivity contribution in [3.8, 4) is 11.3 Å². The Morgan fingerprint density at radius 1 is 1.16 bits per heavy atom. The molecule has 5 heteroatoms. The van der Waals surface area contributed by atoms with Gasteiger partial charge in [0.15, 0.2) is 0 Å². The molecule has 19 heavy (non-hydrogen) atoms. The first-order valence-electron chi connectivity index (χ1n) is 6.02. The van der Waals surface area contributed by atoms with Gasteiger partial charge in [-0.25, -0.2) is 0 Å². The Balaban J connectivity index is 2.65. The highest BCUT2D eigenvalue weighted by molar-refractivity contribution is 5.65. The summed E-state index contributed by atoms with van der Waals surface area (Å²) in [5.41, 5.74) is 0.633. The topological polar surface area (TPSA) is 17.8 Å². The largest absolute Gasteiger partial charge is 0.417 e. The first-order valence-corrected chi connectivity index (χ1v) is 6.02. The molecule has 0 atom stereocenters. The second kappa shape index (κ2) is 4.72. The Morgan fingerprint density at radius 2 is 1.84 bits per heavy atom. The standard InChI is InChI=1S/C14H15F3N2/c1-9(2)19-13(6-7-18-19)11-5-4-10(3)8-12(11)14(15,16)17/h4-9H,1-3H3. The third-order valence-electron chi connectivity index (χ3n) is 2.92. The monoisotopic (exact) mass is 268 g/mol. The average molecular weight is 268 g/mol. The molecule has 102 valence electrons. The Morgan fingerprint density at radius 3 is 2.42 bits per heavy atom. The molecule has 2 nitrogen and oxygen atoms in total. The van der Waals surface area contributed by atoms with Crippen molar-refractivity contribution < 1.29 is 13.2 Å². The smallest absolute Gasteiger partial charge is 0.262 e. The summed E-state index contributed by atoms with van der Waals surface area (Å²) < 4.78 is 41.0. The van der Waals surface area contributed by atoms with Crippen molar-refractivity contribution in [2.75, 3.05) is 0 Å². The Hall–Kier alpha value is -1.78. The lowest BCUT2D eigenvalue weighted by molar-refractivity contribution is -0.137. The number of nitrogens with zero attached hydrogens (tertiary/aromatic N) is 2. The van der Waals surface area contributed by atoms with E-state index in [1.165, 1.54) is 18.3 Å². The third kappa shape index (κ3) is 2.64. The summed E-state index contributed by atoms with van der Waals surface area (Å²) >= 11 is 0. The summed E-state index contributed by atoms with van der Waals surface area (Å²) in [6.07, 6.45) is -2.84. The number of rotatable bonds is 2. The molecule has 0 aliphatic heterocycles. The number of benzene rings is 1. The minimum atomic E-state index is -4.37. The van der Waals surface area contributed by atoms with E-state index >= 15 is 0 Å². The Kier molecular flexibility index (Phi) is 3.39. The molecule has 0 fully saturated rings. The highest BCUT2D eigenvalue weighted by Crippen LogP contribution is 2.38. The molecule has 1 aromatic heterocycles. The highest BCUT2D eigenvalue weighted by Gasteiger charge is 2.34. The molecule has 0 unspecified atom stereocenters. The molecular weight excluding hydrogens is 253 g/mol. The lowest BCUT2D eigenvalue weighted by Gasteiger charge is -2.16. The van der Waals surface area contributed by atoms with Gasteiger partial charge in [-0.15, -0.1) is 0 Å². The first kappa shape index (κ1) is 13.6. The second-order valence-corrected chi connectivity index (χ2v) is 4.80. The lowest BCUT2D eigenvalue weighted by atomic mass is 10.0. The lowest BCUT2D eigenvalue weighted by Crippen LogP contribution is -2.11. The second-order valence-electron chi connectivity index (χ2n) is 4.80. The van der Waals surface area contributed by atoms with E-state index in [9.17, 15) is 13.2 Å². The summed E-state index contributed by atoms with van der Waals surface area (Å²) in [7, 11) is 0. The van der Waals surface area contributed by atoms with Crippen LogP contribution in [0.2, 0.25) is 0 Å². The van der Waals surface area contributed by atoms with Crippen LogP contribution >= 0.6 is 0 Å². The van der Waals surface area contributed by atoms with Crippen molar-refractivity contribution in [3.05, 3.63) is 41.6 Å². The molecule has 0 saturated heterocycles. The summed E-state index contributed by atoms with van der Waals surface area (Å²) in [5.74, 6) is 0. The van der Waals surface area contributed by atoms with E-state index in [0.717, 1.165) is 0 Å². The quantitative estimate of drug-likeness (QED) is 0.786. The van der Waals surface area contributed by atoms with Gasteiger partial charge in [-0.2, -0.15) is 18.3 Å². The fraction of sp³-hybridized carbons (Fsp3) is 0.357. The van der Waals surface area contributed by atoms with Crippen LogP contribution in [0.5, 0.6) is 0 Å². The van der Waals surface area contributed by atoms with Gasteiger partial charge in [0, 0.05) is 17.8 Å². The van der Waals surface area contributed by atoms with Gasteiger partial charge >= 0.3 is 6.18 Å². The van der Waals surface area contributed by atoms with Crippen molar-refractivity contribution in [1.29, 1.82) is 0 Å². The third-order valence-corrected chi connectivity index (χ3v) is 2.92. The highest BCUT2D eigenvalue weighted by atomic mass is 19.4. The minimum Gasteiger partial charge on any atom is -0.262 e. The molecule has 0 radical (unpaired) electrons. The van der Waals surface area contributed by atoms with Crippen LogP contribution in [0.3, 0.4) is 0 Å². The van der Waals surface area contributed by atoms with E-state index in [2.05, 4.69) is 5.10 Å². The van der Waals surface area contributed by atoms with E-state index in [4.69, 9.17) is 0 Å². The molecule has 2 rings (SSSR count). The van der Waals surface area contributed by atoms with Gasteiger partial charge in [-0.3, -0.25) is 4.68 Å². The van der Waals surface area contributed by atoms with Crippen LogP contribution in [0.25, 0.3) is 11.3 Å². The maximum Gasteiger partial charge on any atom is 0.417 e. The summed E-state index contributed by atoms with van der Waals surface area (Å²) in [4.78, 5) is 0. The van der Waals surface area contributed by atoms with Crippen LogP contribution in [0.1, 0.15) is 31.0 Å². The number of hydrogen-bond acceptors (Lipinski definition) is 1. The van der Waals surface area contributed by atoms with Crippen LogP contribution in [-0.2, 0) is 6.18 Å². The zero-order chi connectivity index (χ0) is 14.2. The van der Waals surface area contributed by atoms with Crippen LogP contribution in [0, 0.1) is 6.92 Å². The number of hydrogen-bond donors (Lipinski definition) is 0. The van der Waals surface area contributed by atoms with E-state index in [1.54, 1.807) is 23.7 Å². The maximum absolute atomic E-state index is 13.1. The Bertz CT molecular complexity index is 583. The average Bonchev–Trinajstić information content (AvgIpc) is 2.76. The number of alkyl halides is 3. The van der Waals surface area contributed by atoms with Crippen molar-refractivity contribution in [2.24, 2.45) is 0 Å². The van der Waals surface area contributed by atoms with Crippen molar-refractivity contribution in [3.63, 3.8) is 0 Å². The van der Waals surface area contributed by atoms with Gasteiger partial charge in [0.1, 0.15) is 0 Å². The van der Waals surface area contributed by atoms with E-state index in [1.807, 2.05) is 13.8 Å². The minimum absolute atomic E-state index is 0.00684. The van der Waals surface area contributed by atoms with E-state index in [0.29, 0.717) is 11.3 Å². The normalized spacial score (nSPS) is 12.2. The molecule has 0 spiro atoms. The van der Waals surface area contributed by atoms with Crippen LogP contribution in [-0.4, -0.2) is 9.78 Å². The molecule has 1 aromatic carbocycles. The fourth-order valence-electron chi connectivity index (χ4n) is 2.06. The molecule has 0 amide bonds. The van der Waals surface area contributed by atoms with Crippen molar-refractivity contribution >= 4 is 0 Å². The number of halogens is 3. The summed E-state index contributed by atoms with van der Waals surface area (Å²) in [6, 6.07) is 5.98.